The molecule has 4 heteroatoms. The Morgan fingerprint density at radius 3 is 2.32 bits per heavy atom. The Balaban J connectivity index is 1.61. The molecule has 0 bridgehead atoms. The van der Waals surface area contributed by atoms with E-state index < -0.39 is 11.6 Å². The monoisotopic (exact) mass is 386 g/mol. The maximum absolute atomic E-state index is 14.1. The fourth-order valence-corrected chi connectivity index (χ4v) is 3.79. The molecule has 2 aromatic carbocycles. The molecule has 0 spiro atoms. The molecule has 0 saturated heterocycles. The van der Waals surface area contributed by atoms with Gasteiger partial charge < -0.3 is 4.74 Å². The highest BCUT2D eigenvalue weighted by Crippen LogP contribution is 2.37. The lowest BCUT2D eigenvalue weighted by Crippen LogP contribution is -2.12. The van der Waals surface area contributed by atoms with Crippen LogP contribution in [0, 0.1) is 23.4 Å². The second-order valence-electron chi connectivity index (χ2n) is 7.17. The highest BCUT2D eigenvalue weighted by molar-refractivity contribution is 5.56. The fourth-order valence-electron chi connectivity index (χ4n) is 3.79. The van der Waals surface area contributed by atoms with Crippen LogP contribution in [-0.4, -0.2) is 6.61 Å². The van der Waals surface area contributed by atoms with E-state index in [1.54, 1.807) is 24.3 Å². The highest BCUT2D eigenvalue weighted by Gasteiger charge is 2.22. The van der Waals surface area contributed by atoms with E-state index in [9.17, 15) is 13.2 Å². The standard InChI is InChI=1S/C24H25F3O/c1-3-17-11-12-19(24(27)23(17)26)10-7-16-5-8-18(9-6-16)20-13-14-22(28-4-2)21(25)15-20/h3,7,10-16,18H,1,4-6,8-9H2,2H3/b10-7+. The van der Waals surface area contributed by atoms with Gasteiger partial charge in [0.05, 0.1) is 6.61 Å². The van der Waals surface area contributed by atoms with Gasteiger partial charge in [0.25, 0.3) is 0 Å². The first kappa shape index (κ1) is 20.2. The van der Waals surface area contributed by atoms with Crippen molar-refractivity contribution in [1.29, 1.82) is 0 Å². The van der Waals surface area contributed by atoms with Crippen LogP contribution in [0.4, 0.5) is 13.2 Å². The van der Waals surface area contributed by atoms with Crippen LogP contribution >= 0.6 is 0 Å². The van der Waals surface area contributed by atoms with Crippen LogP contribution < -0.4 is 4.74 Å². The van der Waals surface area contributed by atoms with Crippen molar-refractivity contribution in [2.45, 2.75) is 38.5 Å². The summed E-state index contributed by atoms with van der Waals surface area (Å²) >= 11 is 0. The summed E-state index contributed by atoms with van der Waals surface area (Å²) in [5.41, 5.74) is 1.41. The van der Waals surface area contributed by atoms with Gasteiger partial charge in [-0.1, -0.05) is 43.0 Å². The van der Waals surface area contributed by atoms with E-state index in [4.69, 9.17) is 4.74 Å². The molecule has 0 N–H and O–H groups in total. The van der Waals surface area contributed by atoms with Gasteiger partial charge in [0.2, 0.25) is 0 Å². The van der Waals surface area contributed by atoms with Crippen molar-refractivity contribution in [2.75, 3.05) is 6.61 Å². The number of hydrogen-bond acceptors (Lipinski definition) is 1. The van der Waals surface area contributed by atoms with Gasteiger partial charge in [-0.15, -0.1) is 0 Å². The largest absolute Gasteiger partial charge is 0.491 e. The smallest absolute Gasteiger partial charge is 0.166 e. The van der Waals surface area contributed by atoms with Gasteiger partial charge >= 0.3 is 0 Å². The molecule has 0 aromatic heterocycles. The molecule has 1 aliphatic rings. The first-order valence-electron chi connectivity index (χ1n) is 9.74. The Morgan fingerprint density at radius 1 is 1.00 bits per heavy atom. The molecule has 3 rings (SSSR count). The molecular formula is C24H25F3O. The number of allylic oxidation sites excluding steroid dienone is 1. The van der Waals surface area contributed by atoms with Crippen LogP contribution in [0.15, 0.2) is 43.0 Å². The molecule has 1 fully saturated rings. The van der Waals surface area contributed by atoms with Crippen molar-refractivity contribution in [2.24, 2.45) is 5.92 Å². The maximum Gasteiger partial charge on any atom is 0.166 e. The number of rotatable bonds is 6. The lowest BCUT2D eigenvalue weighted by molar-refractivity contribution is 0.320. The third-order valence-corrected chi connectivity index (χ3v) is 5.41. The van der Waals surface area contributed by atoms with E-state index in [2.05, 4.69) is 6.58 Å². The second kappa shape index (κ2) is 9.13. The molecule has 0 radical (unpaired) electrons. The molecule has 2 aromatic rings. The van der Waals surface area contributed by atoms with Crippen molar-refractivity contribution >= 4 is 12.2 Å². The molecule has 28 heavy (non-hydrogen) atoms. The van der Waals surface area contributed by atoms with Crippen molar-refractivity contribution in [3.05, 3.63) is 77.1 Å². The molecule has 1 nitrogen and oxygen atoms in total. The predicted octanol–water partition coefficient (Wildman–Crippen LogP) is 7.13. The lowest BCUT2D eigenvalue weighted by atomic mass is 9.78. The Labute approximate surface area is 164 Å². The molecule has 0 amide bonds. The third-order valence-electron chi connectivity index (χ3n) is 5.41. The molecule has 0 aliphatic heterocycles. The van der Waals surface area contributed by atoms with Gasteiger partial charge in [-0.2, -0.15) is 0 Å². The number of hydrogen-bond donors (Lipinski definition) is 0. The summed E-state index contributed by atoms with van der Waals surface area (Å²) in [6.07, 6.45) is 8.67. The summed E-state index contributed by atoms with van der Waals surface area (Å²) in [4.78, 5) is 0. The topological polar surface area (TPSA) is 9.23 Å². The third kappa shape index (κ3) is 4.49. The number of halogens is 3. The Kier molecular flexibility index (Phi) is 6.61. The van der Waals surface area contributed by atoms with Gasteiger partial charge in [-0.3, -0.25) is 0 Å². The lowest BCUT2D eigenvalue weighted by Gasteiger charge is -2.27. The maximum atomic E-state index is 14.1. The SMILES string of the molecule is C=Cc1ccc(/C=C/C2CCC(c3ccc(OCC)c(F)c3)CC2)c(F)c1F. The van der Waals surface area contributed by atoms with E-state index in [-0.39, 0.29) is 16.9 Å². The minimum Gasteiger partial charge on any atom is -0.491 e. The number of benzene rings is 2. The summed E-state index contributed by atoms with van der Waals surface area (Å²) in [5.74, 6) is -1.10. The van der Waals surface area contributed by atoms with Gasteiger partial charge in [0.1, 0.15) is 0 Å². The number of ether oxygens (including phenoxy) is 1. The van der Waals surface area contributed by atoms with Gasteiger partial charge in [0.15, 0.2) is 23.2 Å². The fraction of sp³-hybridized carbons (Fsp3) is 0.333. The molecule has 0 unspecified atom stereocenters. The van der Waals surface area contributed by atoms with E-state index in [1.807, 2.05) is 19.1 Å². The molecule has 0 heterocycles. The van der Waals surface area contributed by atoms with Crippen LogP contribution in [0.3, 0.4) is 0 Å². The summed E-state index contributed by atoms with van der Waals surface area (Å²) in [6.45, 7) is 5.75. The first-order chi connectivity index (χ1) is 13.5. The quantitative estimate of drug-likeness (QED) is 0.513. The van der Waals surface area contributed by atoms with Gasteiger partial charge in [-0.05, 0) is 62.1 Å². The summed E-state index contributed by atoms with van der Waals surface area (Å²) in [5, 5.41) is 0. The minimum atomic E-state index is -0.863. The highest BCUT2D eigenvalue weighted by atomic mass is 19.2. The van der Waals surface area contributed by atoms with E-state index >= 15 is 0 Å². The zero-order valence-corrected chi connectivity index (χ0v) is 16.1. The minimum absolute atomic E-state index is 0.165. The normalized spacial score (nSPS) is 19.7. The molecule has 1 saturated carbocycles. The van der Waals surface area contributed by atoms with Crippen LogP contribution in [0.5, 0.6) is 5.75 Å². The first-order valence-corrected chi connectivity index (χ1v) is 9.74. The van der Waals surface area contributed by atoms with Crippen LogP contribution in [-0.2, 0) is 0 Å². The van der Waals surface area contributed by atoms with Crippen molar-refractivity contribution in [3.63, 3.8) is 0 Å². The molecular weight excluding hydrogens is 361 g/mol. The van der Waals surface area contributed by atoms with E-state index in [1.165, 1.54) is 12.1 Å². The average Bonchev–Trinajstić information content (AvgIpc) is 2.71. The average molecular weight is 386 g/mol. The van der Waals surface area contributed by atoms with Gasteiger partial charge in [-0.25, -0.2) is 13.2 Å². The second-order valence-corrected chi connectivity index (χ2v) is 7.17. The van der Waals surface area contributed by atoms with Crippen molar-refractivity contribution < 1.29 is 17.9 Å². The summed E-state index contributed by atoms with van der Waals surface area (Å²) in [7, 11) is 0. The van der Waals surface area contributed by atoms with E-state index in [0.29, 0.717) is 24.2 Å². The van der Waals surface area contributed by atoms with Crippen molar-refractivity contribution in [3.8, 4) is 5.75 Å². The zero-order chi connectivity index (χ0) is 20.1. The molecule has 0 atom stereocenters. The van der Waals surface area contributed by atoms with Crippen LogP contribution in [0.25, 0.3) is 12.2 Å². The Morgan fingerprint density at radius 2 is 1.68 bits per heavy atom. The van der Waals surface area contributed by atoms with Crippen molar-refractivity contribution in [1.82, 2.24) is 0 Å². The Hall–Kier alpha value is -2.49. The van der Waals surface area contributed by atoms with Crippen LogP contribution in [0.2, 0.25) is 0 Å². The molecule has 1 aliphatic carbocycles. The van der Waals surface area contributed by atoms with Gasteiger partial charge in [0, 0.05) is 11.1 Å². The zero-order valence-electron chi connectivity index (χ0n) is 16.1. The summed E-state index contributed by atoms with van der Waals surface area (Å²) in [6, 6.07) is 8.31. The Bertz CT molecular complexity index is 864. The summed E-state index contributed by atoms with van der Waals surface area (Å²) < 4.78 is 47.3. The van der Waals surface area contributed by atoms with Crippen LogP contribution in [0.1, 0.15) is 55.2 Å². The van der Waals surface area contributed by atoms with E-state index in [0.717, 1.165) is 31.2 Å². The predicted molar refractivity (Wildman–Crippen MR) is 108 cm³/mol. The molecule has 148 valence electrons.